The minimum absolute atomic E-state index is 0.0277. The van der Waals surface area contributed by atoms with Crippen LogP contribution >= 0.6 is 15.9 Å². The number of rotatable bonds is 4. The smallest absolute Gasteiger partial charge is 0.122 e. The van der Waals surface area contributed by atoms with Crippen molar-refractivity contribution in [3.05, 3.63) is 23.8 Å². The minimum Gasteiger partial charge on any atom is -0.497 e. The van der Waals surface area contributed by atoms with Crippen LogP contribution in [-0.4, -0.2) is 19.5 Å². The maximum Gasteiger partial charge on any atom is 0.122 e. The molecule has 0 amide bonds. The van der Waals surface area contributed by atoms with Crippen LogP contribution in [0.4, 0.5) is 0 Å². The second-order valence-electron chi connectivity index (χ2n) is 4.08. The third kappa shape index (κ3) is 2.65. The van der Waals surface area contributed by atoms with Gasteiger partial charge in [0.15, 0.2) is 0 Å². The van der Waals surface area contributed by atoms with Crippen molar-refractivity contribution in [2.45, 2.75) is 19.3 Å². The summed E-state index contributed by atoms with van der Waals surface area (Å²) in [6.07, 6.45) is 0. The molecule has 0 fully saturated rings. The Kier molecular flexibility index (Phi) is 4.03. The summed E-state index contributed by atoms with van der Waals surface area (Å²) in [4.78, 5) is 0. The monoisotopic (exact) mass is 272 g/mol. The Bertz CT molecular complexity index is 334. The van der Waals surface area contributed by atoms with Crippen LogP contribution in [0, 0.1) is 0 Å². The molecular weight excluding hydrogens is 256 g/mol. The summed E-state index contributed by atoms with van der Waals surface area (Å²) in [6, 6.07) is 5.88. The molecular formula is C12H17BrO2. The molecule has 0 unspecified atom stereocenters. The topological polar surface area (TPSA) is 18.5 Å². The van der Waals surface area contributed by atoms with E-state index in [1.165, 1.54) is 0 Å². The first kappa shape index (κ1) is 12.4. The van der Waals surface area contributed by atoms with Gasteiger partial charge < -0.3 is 9.47 Å². The van der Waals surface area contributed by atoms with Gasteiger partial charge >= 0.3 is 0 Å². The van der Waals surface area contributed by atoms with Crippen LogP contribution in [0.5, 0.6) is 11.5 Å². The summed E-state index contributed by atoms with van der Waals surface area (Å²) < 4.78 is 10.6. The average molecular weight is 273 g/mol. The van der Waals surface area contributed by atoms with Gasteiger partial charge in [0.05, 0.1) is 14.2 Å². The van der Waals surface area contributed by atoms with Gasteiger partial charge in [0.1, 0.15) is 11.5 Å². The third-order valence-electron chi connectivity index (χ3n) is 2.47. The zero-order chi connectivity index (χ0) is 11.5. The molecule has 84 valence electrons. The van der Waals surface area contributed by atoms with Gasteiger partial charge in [0.25, 0.3) is 0 Å². The Labute approximate surface area is 99.7 Å². The van der Waals surface area contributed by atoms with Crippen LogP contribution in [0.1, 0.15) is 19.4 Å². The second kappa shape index (κ2) is 4.88. The molecule has 0 N–H and O–H groups in total. The van der Waals surface area contributed by atoms with Crippen LogP contribution in [0.3, 0.4) is 0 Å². The highest BCUT2D eigenvalue weighted by molar-refractivity contribution is 9.09. The minimum atomic E-state index is 0.0277. The summed E-state index contributed by atoms with van der Waals surface area (Å²) in [5, 5.41) is 0.878. The molecule has 0 aromatic heterocycles. The quantitative estimate of drug-likeness (QED) is 0.783. The Morgan fingerprint density at radius 3 is 2.33 bits per heavy atom. The summed E-state index contributed by atoms with van der Waals surface area (Å²) in [6.45, 7) is 4.33. The fourth-order valence-electron chi connectivity index (χ4n) is 1.41. The SMILES string of the molecule is COc1ccc(OC)c(C(C)(C)CBr)c1. The number of methoxy groups -OCH3 is 2. The normalized spacial score (nSPS) is 11.3. The Hall–Kier alpha value is -0.700. The number of alkyl halides is 1. The number of hydrogen-bond acceptors (Lipinski definition) is 2. The van der Waals surface area contributed by atoms with Gasteiger partial charge in [-0.1, -0.05) is 29.8 Å². The second-order valence-corrected chi connectivity index (χ2v) is 4.64. The molecule has 0 atom stereocenters. The molecule has 2 nitrogen and oxygen atoms in total. The molecule has 0 aliphatic carbocycles. The highest BCUT2D eigenvalue weighted by atomic mass is 79.9. The molecule has 0 saturated carbocycles. The molecule has 1 aromatic carbocycles. The van der Waals surface area contributed by atoms with E-state index in [9.17, 15) is 0 Å². The van der Waals surface area contributed by atoms with E-state index in [2.05, 4.69) is 29.8 Å². The summed E-state index contributed by atoms with van der Waals surface area (Å²) >= 11 is 3.52. The van der Waals surface area contributed by atoms with Crippen molar-refractivity contribution in [2.75, 3.05) is 19.5 Å². The molecule has 1 rings (SSSR count). The predicted octanol–water partition coefficient (Wildman–Crippen LogP) is 3.38. The maximum atomic E-state index is 5.36. The van der Waals surface area contributed by atoms with Crippen molar-refractivity contribution in [1.29, 1.82) is 0 Å². The molecule has 0 spiro atoms. The lowest BCUT2D eigenvalue weighted by molar-refractivity contribution is 0.389. The van der Waals surface area contributed by atoms with E-state index in [0.717, 1.165) is 22.4 Å². The Balaban J connectivity index is 3.23. The number of halogens is 1. The molecule has 0 bridgehead atoms. The van der Waals surface area contributed by atoms with Crippen LogP contribution in [0.2, 0.25) is 0 Å². The van der Waals surface area contributed by atoms with Crippen LogP contribution in [0.25, 0.3) is 0 Å². The molecule has 0 radical (unpaired) electrons. The maximum absolute atomic E-state index is 5.36. The summed E-state index contributed by atoms with van der Waals surface area (Å²) in [5.41, 5.74) is 1.18. The highest BCUT2D eigenvalue weighted by Crippen LogP contribution is 2.35. The first-order valence-corrected chi connectivity index (χ1v) is 5.96. The lowest BCUT2D eigenvalue weighted by Gasteiger charge is -2.25. The third-order valence-corrected chi connectivity index (χ3v) is 3.87. The average Bonchev–Trinajstić information content (AvgIpc) is 2.28. The van der Waals surface area contributed by atoms with E-state index in [0.29, 0.717) is 0 Å². The van der Waals surface area contributed by atoms with Gasteiger partial charge in [-0.05, 0) is 18.2 Å². The molecule has 1 aromatic rings. The number of ether oxygens (including phenoxy) is 2. The van der Waals surface area contributed by atoms with Crippen molar-refractivity contribution < 1.29 is 9.47 Å². The van der Waals surface area contributed by atoms with Crippen LogP contribution in [0.15, 0.2) is 18.2 Å². The first-order chi connectivity index (χ1) is 7.05. The van der Waals surface area contributed by atoms with Gasteiger partial charge in [-0.2, -0.15) is 0 Å². The van der Waals surface area contributed by atoms with Gasteiger partial charge in [0.2, 0.25) is 0 Å². The van der Waals surface area contributed by atoms with Crippen LogP contribution < -0.4 is 9.47 Å². The largest absolute Gasteiger partial charge is 0.497 e. The summed E-state index contributed by atoms with van der Waals surface area (Å²) in [7, 11) is 3.36. The Morgan fingerprint density at radius 2 is 1.87 bits per heavy atom. The van der Waals surface area contributed by atoms with E-state index in [1.807, 2.05) is 18.2 Å². The van der Waals surface area contributed by atoms with E-state index in [1.54, 1.807) is 14.2 Å². The van der Waals surface area contributed by atoms with E-state index in [4.69, 9.17) is 9.47 Å². The van der Waals surface area contributed by atoms with Crippen molar-refractivity contribution in [2.24, 2.45) is 0 Å². The zero-order valence-electron chi connectivity index (χ0n) is 9.63. The first-order valence-electron chi connectivity index (χ1n) is 4.83. The van der Waals surface area contributed by atoms with Gasteiger partial charge in [-0.3, -0.25) is 0 Å². The van der Waals surface area contributed by atoms with Crippen molar-refractivity contribution in [3.63, 3.8) is 0 Å². The number of hydrogen-bond donors (Lipinski definition) is 0. The molecule has 0 aliphatic rings. The standard InChI is InChI=1S/C12H17BrO2/c1-12(2,8-13)10-7-9(14-3)5-6-11(10)15-4/h5-7H,8H2,1-4H3. The van der Waals surface area contributed by atoms with Crippen molar-refractivity contribution in [1.82, 2.24) is 0 Å². The van der Waals surface area contributed by atoms with Crippen molar-refractivity contribution in [3.8, 4) is 11.5 Å². The van der Waals surface area contributed by atoms with Gasteiger partial charge in [-0.15, -0.1) is 0 Å². The van der Waals surface area contributed by atoms with Gasteiger partial charge in [-0.25, -0.2) is 0 Å². The highest BCUT2D eigenvalue weighted by Gasteiger charge is 2.23. The lowest BCUT2D eigenvalue weighted by Crippen LogP contribution is -2.19. The molecule has 0 aliphatic heterocycles. The fraction of sp³-hybridized carbons (Fsp3) is 0.500. The predicted molar refractivity (Wildman–Crippen MR) is 66.4 cm³/mol. The summed E-state index contributed by atoms with van der Waals surface area (Å²) in [5.74, 6) is 1.76. The van der Waals surface area contributed by atoms with Crippen molar-refractivity contribution >= 4 is 15.9 Å². The van der Waals surface area contributed by atoms with Crippen LogP contribution in [-0.2, 0) is 5.41 Å². The number of benzene rings is 1. The lowest BCUT2D eigenvalue weighted by atomic mass is 9.86. The zero-order valence-corrected chi connectivity index (χ0v) is 11.2. The molecule has 15 heavy (non-hydrogen) atoms. The van der Waals surface area contributed by atoms with E-state index in [-0.39, 0.29) is 5.41 Å². The van der Waals surface area contributed by atoms with E-state index >= 15 is 0 Å². The molecule has 0 saturated heterocycles. The molecule has 3 heteroatoms. The fourth-order valence-corrected chi connectivity index (χ4v) is 1.72. The molecule has 0 heterocycles. The van der Waals surface area contributed by atoms with E-state index < -0.39 is 0 Å². The van der Waals surface area contributed by atoms with Gasteiger partial charge in [0, 0.05) is 16.3 Å². The Morgan fingerprint density at radius 1 is 1.20 bits per heavy atom.